The number of hydrogen-bond donors (Lipinski definition) is 0. The molecule has 0 aromatic carbocycles. The summed E-state index contributed by atoms with van der Waals surface area (Å²) in [7, 11) is 0. The van der Waals surface area contributed by atoms with Crippen molar-refractivity contribution in [3.63, 3.8) is 0 Å². The van der Waals surface area contributed by atoms with Crippen LogP contribution in [0.25, 0.3) is 0 Å². The lowest BCUT2D eigenvalue weighted by Gasteiger charge is -2.00. The third-order valence-corrected chi connectivity index (χ3v) is 2.31. The number of alkyl halides is 1. The molecule has 0 saturated carbocycles. The number of hydrogen-bond acceptors (Lipinski definition) is 3. The molecule has 0 fully saturated rings. The second-order valence-corrected chi connectivity index (χ2v) is 3.45. The molecule has 3 nitrogen and oxygen atoms in total. The summed E-state index contributed by atoms with van der Waals surface area (Å²) < 4.78 is 0. The van der Waals surface area contributed by atoms with E-state index in [0.29, 0.717) is 12.3 Å². The highest BCUT2D eigenvalue weighted by molar-refractivity contribution is 6.17. The summed E-state index contributed by atoms with van der Waals surface area (Å²) in [6.07, 6.45) is 7.79. The van der Waals surface area contributed by atoms with Crippen LogP contribution in [-0.4, -0.2) is 15.0 Å². The highest BCUT2D eigenvalue weighted by Gasteiger charge is 1.99. The van der Waals surface area contributed by atoms with Gasteiger partial charge in [0.15, 0.2) is 0 Å². The van der Waals surface area contributed by atoms with Gasteiger partial charge in [-0.1, -0.05) is 6.07 Å². The molecule has 2 aromatic rings. The Morgan fingerprint density at radius 2 is 1.87 bits per heavy atom. The van der Waals surface area contributed by atoms with Crippen LogP contribution < -0.4 is 0 Å². The Balaban J connectivity index is 2.11. The van der Waals surface area contributed by atoms with E-state index in [0.717, 1.165) is 17.0 Å². The van der Waals surface area contributed by atoms with E-state index in [2.05, 4.69) is 15.0 Å². The summed E-state index contributed by atoms with van der Waals surface area (Å²) in [6, 6.07) is 3.91. The maximum Gasteiger partial charge on any atom is 0.132 e. The smallest absolute Gasteiger partial charge is 0.132 e. The van der Waals surface area contributed by atoms with Crippen LogP contribution in [0.5, 0.6) is 0 Å². The summed E-state index contributed by atoms with van der Waals surface area (Å²) in [5.41, 5.74) is 2.04. The van der Waals surface area contributed by atoms with Gasteiger partial charge in [-0.05, 0) is 11.6 Å². The summed E-state index contributed by atoms with van der Waals surface area (Å²) in [5, 5.41) is 0. The van der Waals surface area contributed by atoms with E-state index in [1.807, 2.05) is 18.3 Å². The molecule has 0 atom stereocenters. The minimum absolute atomic E-state index is 0.452. The first-order chi connectivity index (χ1) is 7.38. The largest absolute Gasteiger partial charge is 0.264 e. The van der Waals surface area contributed by atoms with Gasteiger partial charge in [-0.25, -0.2) is 9.97 Å². The first-order valence-electron chi connectivity index (χ1n) is 4.63. The van der Waals surface area contributed by atoms with Crippen molar-refractivity contribution >= 4 is 11.6 Å². The molecule has 0 N–H and O–H groups in total. The van der Waals surface area contributed by atoms with Gasteiger partial charge >= 0.3 is 0 Å². The number of rotatable bonds is 3. The SMILES string of the molecule is ClCc1cnc(Cc2cccnc2)nc1. The number of aromatic nitrogens is 3. The van der Waals surface area contributed by atoms with Crippen LogP contribution in [0.2, 0.25) is 0 Å². The molecule has 0 amide bonds. The molecule has 0 aliphatic carbocycles. The van der Waals surface area contributed by atoms with Crippen molar-refractivity contribution in [2.24, 2.45) is 0 Å². The second-order valence-electron chi connectivity index (χ2n) is 3.18. The van der Waals surface area contributed by atoms with Crippen molar-refractivity contribution in [1.29, 1.82) is 0 Å². The fraction of sp³-hybridized carbons (Fsp3) is 0.182. The predicted octanol–water partition coefficient (Wildman–Crippen LogP) is 2.20. The lowest BCUT2D eigenvalue weighted by molar-refractivity contribution is 0.947. The molecule has 0 radical (unpaired) electrons. The van der Waals surface area contributed by atoms with Gasteiger partial charge in [0.2, 0.25) is 0 Å². The summed E-state index contributed by atoms with van der Waals surface area (Å²) >= 11 is 5.65. The van der Waals surface area contributed by atoms with Crippen LogP contribution >= 0.6 is 11.6 Å². The minimum atomic E-state index is 0.452. The number of pyridine rings is 1. The van der Waals surface area contributed by atoms with E-state index in [4.69, 9.17) is 11.6 Å². The Morgan fingerprint density at radius 1 is 1.07 bits per heavy atom. The fourth-order valence-electron chi connectivity index (χ4n) is 1.23. The quantitative estimate of drug-likeness (QED) is 0.743. The summed E-state index contributed by atoms with van der Waals surface area (Å²) in [4.78, 5) is 12.5. The van der Waals surface area contributed by atoms with Crippen molar-refractivity contribution in [2.45, 2.75) is 12.3 Å². The zero-order valence-electron chi connectivity index (χ0n) is 8.10. The fourth-order valence-corrected chi connectivity index (χ4v) is 1.37. The third kappa shape index (κ3) is 2.73. The Kier molecular flexibility index (Phi) is 3.25. The zero-order valence-corrected chi connectivity index (χ0v) is 8.85. The topological polar surface area (TPSA) is 38.7 Å². The third-order valence-electron chi connectivity index (χ3n) is 2.00. The molecule has 15 heavy (non-hydrogen) atoms. The molecular formula is C11H10ClN3. The number of nitrogens with zero attached hydrogens (tertiary/aromatic N) is 3. The van der Waals surface area contributed by atoms with Crippen molar-refractivity contribution in [3.05, 3.63) is 53.9 Å². The van der Waals surface area contributed by atoms with Gasteiger partial charge in [0.05, 0.1) is 5.88 Å². The van der Waals surface area contributed by atoms with E-state index < -0.39 is 0 Å². The van der Waals surface area contributed by atoms with Crippen LogP contribution in [0.3, 0.4) is 0 Å². The molecular weight excluding hydrogens is 210 g/mol. The van der Waals surface area contributed by atoms with Crippen molar-refractivity contribution in [3.8, 4) is 0 Å². The highest BCUT2D eigenvalue weighted by atomic mass is 35.5. The molecule has 0 saturated heterocycles. The lowest BCUT2D eigenvalue weighted by Crippen LogP contribution is -1.97. The maximum absolute atomic E-state index is 5.65. The number of halogens is 1. The summed E-state index contributed by atoms with van der Waals surface area (Å²) in [6.45, 7) is 0. The molecule has 76 valence electrons. The normalized spacial score (nSPS) is 10.2. The predicted molar refractivity (Wildman–Crippen MR) is 58.6 cm³/mol. The molecule has 2 rings (SSSR count). The molecule has 4 heteroatoms. The Morgan fingerprint density at radius 3 is 2.47 bits per heavy atom. The maximum atomic E-state index is 5.65. The molecule has 0 bridgehead atoms. The van der Waals surface area contributed by atoms with Gasteiger partial charge < -0.3 is 0 Å². The van der Waals surface area contributed by atoms with E-state index >= 15 is 0 Å². The highest BCUT2D eigenvalue weighted by Crippen LogP contribution is 2.05. The lowest BCUT2D eigenvalue weighted by atomic mass is 10.2. The molecule has 0 aliphatic rings. The Hall–Kier alpha value is -1.48. The van der Waals surface area contributed by atoms with Crippen LogP contribution in [-0.2, 0) is 12.3 Å². The van der Waals surface area contributed by atoms with Gasteiger partial charge in [-0.2, -0.15) is 0 Å². The molecule has 2 heterocycles. The summed E-state index contributed by atoms with van der Waals surface area (Å²) in [5.74, 6) is 1.24. The monoisotopic (exact) mass is 219 g/mol. The second kappa shape index (κ2) is 4.84. The van der Waals surface area contributed by atoms with Gasteiger partial charge in [-0.15, -0.1) is 11.6 Å². The standard InChI is InChI=1S/C11H10ClN3/c12-5-10-7-14-11(15-8-10)4-9-2-1-3-13-6-9/h1-3,6-8H,4-5H2. The zero-order chi connectivity index (χ0) is 10.5. The van der Waals surface area contributed by atoms with Gasteiger partial charge in [0, 0.05) is 36.8 Å². The molecule has 0 aliphatic heterocycles. The van der Waals surface area contributed by atoms with Crippen LogP contribution in [0.1, 0.15) is 17.0 Å². The molecule has 2 aromatic heterocycles. The van der Waals surface area contributed by atoms with Crippen LogP contribution in [0.4, 0.5) is 0 Å². The van der Waals surface area contributed by atoms with Crippen molar-refractivity contribution < 1.29 is 0 Å². The average molecular weight is 220 g/mol. The Labute approximate surface area is 93.2 Å². The van der Waals surface area contributed by atoms with Crippen molar-refractivity contribution in [1.82, 2.24) is 15.0 Å². The average Bonchev–Trinajstić information content (AvgIpc) is 2.31. The Bertz CT molecular complexity index is 414. The van der Waals surface area contributed by atoms with Gasteiger partial charge in [0.25, 0.3) is 0 Å². The van der Waals surface area contributed by atoms with E-state index in [1.165, 1.54) is 0 Å². The van der Waals surface area contributed by atoms with Gasteiger partial charge in [-0.3, -0.25) is 4.98 Å². The minimum Gasteiger partial charge on any atom is -0.264 e. The van der Waals surface area contributed by atoms with E-state index in [-0.39, 0.29) is 0 Å². The van der Waals surface area contributed by atoms with Crippen molar-refractivity contribution in [2.75, 3.05) is 0 Å². The first-order valence-corrected chi connectivity index (χ1v) is 5.16. The van der Waals surface area contributed by atoms with Crippen LogP contribution in [0.15, 0.2) is 36.9 Å². The van der Waals surface area contributed by atoms with E-state index in [9.17, 15) is 0 Å². The first kappa shape index (κ1) is 10.1. The van der Waals surface area contributed by atoms with Crippen LogP contribution in [0, 0.1) is 0 Å². The molecule has 0 spiro atoms. The molecule has 0 unspecified atom stereocenters. The van der Waals surface area contributed by atoms with E-state index in [1.54, 1.807) is 18.6 Å². The van der Waals surface area contributed by atoms with Gasteiger partial charge in [0.1, 0.15) is 5.82 Å².